The first-order valence-corrected chi connectivity index (χ1v) is 6.30. The number of benzene rings is 1. The van der Waals surface area contributed by atoms with Crippen molar-refractivity contribution >= 4 is 5.97 Å². The molecule has 4 nitrogen and oxygen atoms in total. The number of hydrogen-bond donors (Lipinski definition) is 1. The van der Waals surface area contributed by atoms with Crippen LogP contribution in [0.5, 0.6) is 0 Å². The summed E-state index contributed by atoms with van der Waals surface area (Å²) in [5, 5.41) is 13.1. The summed E-state index contributed by atoms with van der Waals surface area (Å²) in [5.74, 6) is -0.805. The average molecular weight is 258 g/mol. The van der Waals surface area contributed by atoms with Crippen molar-refractivity contribution < 1.29 is 9.90 Å². The molecule has 2 aromatic rings. The molecule has 0 spiro atoms. The van der Waals surface area contributed by atoms with Crippen LogP contribution in [0.3, 0.4) is 0 Å². The first-order valence-electron chi connectivity index (χ1n) is 6.30. The molecule has 0 saturated heterocycles. The van der Waals surface area contributed by atoms with Gasteiger partial charge in [0.1, 0.15) is 0 Å². The molecule has 19 heavy (non-hydrogen) atoms. The highest BCUT2D eigenvalue weighted by atomic mass is 16.4. The highest BCUT2D eigenvalue weighted by molar-refractivity contribution is 5.67. The van der Waals surface area contributed by atoms with Gasteiger partial charge in [0.25, 0.3) is 0 Å². The summed E-state index contributed by atoms with van der Waals surface area (Å²) in [5.41, 5.74) is 5.56. The van der Waals surface area contributed by atoms with Gasteiger partial charge >= 0.3 is 5.97 Å². The molecule has 2 rings (SSSR count). The number of aromatic nitrogens is 2. The Balaban J connectivity index is 2.31. The molecule has 0 unspecified atom stereocenters. The number of carbonyl (C=O) groups is 1. The van der Waals surface area contributed by atoms with Crippen molar-refractivity contribution in [3.8, 4) is 11.1 Å². The lowest BCUT2D eigenvalue weighted by Crippen LogP contribution is -2.04. The first kappa shape index (κ1) is 13.3. The van der Waals surface area contributed by atoms with Crippen LogP contribution in [0, 0.1) is 20.8 Å². The summed E-state index contributed by atoms with van der Waals surface area (Å²) in [6, 6.07) is 6.38. The highest BCUT2D eigenvalue weighted by Gasteiger charge is 2.09. The van der Waals surface area contributed by atoms with Gasteiger partial charge in [0.05, 0.1) is 18.7 Å². The van der Waals surface area contributed by atoms with Crippen LogP contribution in [0.25, 0.3) is 11.1 Å². The number of aryl methyl sites for hydroxylation is 4. The second-order valence-electron chi connectivity index (χ2n) is 4.91. The molecule has 1 N–H and O–H groups in total. The van der Waals surface area contributed by atoms with Crippen LogP contribution in [0.4, 0.5) is 0 Å². The molecule has 4 heteroatoms. The lowest BCUT2D eigenvalue weighted by Gasteiger charge is -2.03. The topological polar surface area (TPSA) is 55.1 Å². The SMILES string of the molecule is Cc1cc(C)cc(-c2cn(CCC(=O)O)nc2C)c1. The van der Waals surface area contributed by atoms with Crippen LogP contribution in [0.2, 0.25) is 0 Å². The van der Waals surface area contributed by atoms with Gasteiger partial charge in [0.15, 0.2) is 0 Å². The highest BCUT2D eigenvalue weighted by Crippen LogP contribution is 2.24. The van der Waals surface area contributed by atoms with Crippen LogP contribution >= 0.6 is 0 Å². The second-order valence-corrected chi connectivity index (χ2v) is 4.91. The van der Waals surface area contributed by atoms with E-state index in [1.807, 2.05) is 13.1 Å². The van der Waals surface area contributed by atoms with E-state index < -0.39 is 5.97 Å². The molecule has 0 fully saturated rings. The number of hydrogen-bond acceptors (Lipinski definition) is 2. The molecule has 1 aromatic heterocycles. The van der Waals surface area contributed by atoms with Gasteiger partial charge in [-0.15, -0.1) is 0 Å². The van der Waals surface area contributed by atoms with Gasteiger partial charge in [0.2, 0.25) is 0 Å². The summed E-state index contributed by atoms with van der Waals surface area (Å²) in [7, 11) is 0. The number of carboxylic acid groups (broad SMARTS) is 1. The maximum absolute atomic E-state index is 10.6. The van der Waals surface area contributed by atoms with Gasteiger partial charge in [-0.1, -0.05) is 29.3 Å². The molecule has 0 amide bonds. The molecule has 0 aliphatic rings. The Morgan fingerprint density at radius 2 is 1.84 bits per heavy atom. The van der Waals surface area contributed by atoms with Gasteiger partial charge in [-0.25, -0.2) is 0 Å². The lowest BCUT2D eigenvalue weighted by atomic mass is 10.0. The fourth-order valence-corrected chi connectivity index (χ4v) is 2.26. The third kappa shape index (κ3) is 3.22. The van der Waals surface area contributed by atoms with E-state index in [2.05, 4.69) is 37.1 Å². The number of carboxylic acids is 1. The summed E-state index contributed by atoms with van der Waals surface area (Å²) in [6.45, 7) is 6.49. The predicted molar refractivity (Wildman–Crippen MR) is 74.1 cm³/mol. The zero-order chi connectivity index (χ0) is 14.0. The minimum atomic E-state index is -0.805. The summed E-state index contributed by atoms with van der Waals surface area (Å²) in [6.07, 6.45) is 2.01. The maximum atomic E-state index is 10.6. The van der Waals surface area contributed by atoms with E-state index in [1.165, 1.54) is 11.1 Å². The minimum absolute atomic E-state index is 0.0907. The number of aliphatic carboxylic acids is 1. The van der Waals surface area contributed by atoms with Gasteiger partial charge in [0, 0.05) is 11.8 Å². The molecule has 0 bridgehead atoms. The van der Waals surface area contributed by atoms with E-state index >= 15 is 0 Å². The molecular weight excluding hydrogens is 240 g/mol. The molecule has 100 valence electrons. The monoisotopic (exact) mass is 258 g/mol. The number of rotatable bonds is 4. The molecule has 1 heterocycles. The van der Waals surface area contributed by atoms with Gasteiger partial charge in [-0.3, -0.25) is 9.48 Å². The maximum Gasteiger partial charge on any atom is 0.305 e. The smallest absolute Gasteiger partial charge is 0.305 e. The van der Waals surface area contributed by atoms with Crippen molar-refractivity contribution in [1.82, 2.24) is 9.78 Å². The molecule has 0 saturated carbocycles. The zero-order valence-corrected chi connectivity index (χ0v) is 11.5. The van der Waals surface area contributed by atoms with Crippen molar-refractivity contribution in [2.45, 2.75) is 33.7 Å². The van der Waals surface area contributed by atoms with Gasteiger partial charge in [-0.05, 0) is 26.3 Å². The van der Waals surface area contributed by atoms with Crippen LogP contribution in [0.15, 0.2) is 24.4 Å². The summed E-state index contributed by atoms with van der Waals surface area (Å²) < 4.78 is 1.70. The Kier molecular flexibility index (Phi) is 3.69. The van der Waals surface area contributed by atoms with Crippen molar-refractivity contribution in [2.75, 3.05) is 0 Å². The Bertz CT molecular complexity index is 594. The largest absolute Gasteiger partial charge is 0.481 e. The van der Waals surface area contributed by atoms with E-state index in [-0.39, 0.29) is 6.42 Å². The predicted octanol–water partition coefficient (Wildman–Crippen LogP) is 2.95. The Morgan fingerprint density at radius 1 is 1.21 bits per heavy atom. The van der Waals surface area contributed by atoms with Crippen LogP contribution in [-0.2, 0) is 11.3 Å². The minimum Gasteiger partial charge on any atom is -0.481 e. The van der Waals surface area contributed by atoms with Crippen molar-refractivity contribution in [3.05, 3.63) is 41.2 Å². The second kappa shape index (κ2) is 5.26. The van der Waals surface area contributed by atoms with Gasteiger partial charge in [-0.2, -0.15) is 5.10 Å². The van der Waals surface area contributed by atoms with Crippen LogP contribution in [-0.4, -0.2) is 20.9 Å². The fraction of sp³-hybridized carbons (Fsp3) is 0.333. The molecule has 0 aliphatic carbocycles. The Morgan fingerprint density at radius 3 is 2.42 bits per heavy atom. The molecule has 1 aromatic carbocycles. The van der Waals surface area contributed by atoms with Gasteiger partial charge < -0.3 is 5.11 Å². The molecule has 0 atom stereocenters. The zero-order valence-electron chi connectivity index (χ0n) is 11.5. The summed E-state index contributed by atoms with van der Waals surface area (Å²) in [4.78, 5) is 10.6. The van der Waals surface area contributed by atoms with E-state index in [9.17, 15) is 4.79 Å². The normalized spacial score (nSPS) is 10.7. The molecular formula is C15H18N2O2. The number of nitrogens with zero attached hydrogens (tertiary/aromatic N) is 2. The van der Waals surface area contributed by atoms with E-state index in [1.54, 1.807) is 4.68 Å². The van der Waals surface area contributed by atoms with E-state index in [0.29, 0.717) is 6.54 Å². The van der Waals surface area contributed by atoms with E-state index in [0.717, 1.165) is 16.8 Å². The van der Waals surface area contributed by atoms with Crippen molar-refractivity contribution in [3.63, 3.8) is 0 Å². The van der Waals surface area contributed by atoms with E-state index in [4.69, 9.17) is 5.11 Å². The average Bonchev–Trinajstić information content (AvgIpc) is 2.66. The van der Waals surface area contributed by atoms with Crippen molar-refractivity contribution in [2.24, 2.45) is 0 Å². The van der Waals surface area contributed by atoms with Crippen molar-refractivity contribution in [1.29, 1.82) is 0 Å². The molecule has 0 aliphatic heterocycles. The fourth-order valence-electron chi connectivity index (χ4n) is 2.26. The first-order chi connectivity index (χ1) is 8.95. The Hall–Kier alpha value is -2.10. The third-order valence-electron chi connectivity index (χ3n) is 3.03. The quantitative estimate of drug-likeness (QED) is 0.917. The standard InChI is InChI=1S/C15H18N2O2/c1-10-6-11(2)8-13(7-10)14-9-17(16-12(14)3)5-4-15(18)19/h6-9H,4-5H2,1-3H3,(H,18,19). The lowest BCUT2D eigenvalue weighted by molar-refractivity contribution is -0.137. The summed E-state index contributed by atoms with van der Waals surface area (Å²) >= 11 is 0. The van der Waals surface area contributed by atoms with Crippen LogP contribution < -0.4 is 0 Å². The third-order valence-corrected chi connectivity index (χ3v) is 3.03. The Labute approximate surface area is 112 Å². The molecule has 0 radical (unpaired) electrons. The van der Waals surface area contributed by atoms with Crippen LogP contribution in [0.1, 0.15) is 23.2 Å².